The van der Waals surface area contributed by atoms with Gasteiger partial charge in [0.25, 0.3) is 0 Å². The second kappa shape index (κ2) is 6.36. The van der Waals surface area contributed by atoms with Crippen molar-refractivity contribution in [3.63, 3.8) is 0 Å². The molecule has 0 aliphatic carbocycles. The zero-order chi connectivity index (χ0) is 15.6. The van der Waals surface area contributed by atoms with E-state index < -0.39 is 0 Å². The van der Waals surface area contributed by atoms with Crippen molar-refractivity contribution in [2.75, 3.05) is 11.5 Å². The number of hydrogen-bond donors (Lipinski definition) is 1. The van der Waals surface area contributed by atoms with Crippen LogP contribution in [0.3, 0.4) is 0 Å². The lowest BCUT2D eigenvalue weighted by Gasteiger charge is -2.21. The number of halogens is 1. The lowest BCUT2D eigenvalue weighted by Crippen LogP contribution is -2.17. The molecule has 0 aliphatic heterocycles. The van der Waals surface area contributed by atoms with Crippen molar-refractivity contribution in [2.24, 2.45) is 0 Å². The molecule has 21 heavy (non-hydrogen) atoms. The lowest BCUT2D eigenvalue weighted by atomic mass is 9.91. The highest BCUT2D eigenvalue weighted by atomic mass is 79.9. The van der Waals surface area contributed by atoms with Crippen LogP contribution >= 0.6 is 27.7 Å². The first kappa shape index (κ1) is 16.3. The second-order valence-corrected chi connectivity index (χ2v) is 7.93. The highest BCUT2D eigenvalue weighted by molar-refractivity contribution is 9.10. The van der Waals surface area contributed by atoms with Crippen LogP contribution in [0.15, 0.2) is 33.6 Å². The second-order valence-electron chi connectivity index (χ2n) is 5.80. The highest BCUT2D eigenvalue weighted by Gasteiger charge is 2.22. The fraction of sp³-hybridized carbons (Fsp3) is 0.375. The predicted molar refractivity (Wildman–Crippen MR) is 94.7 cm³/mol. The Balaban J connectivity index is 2.47. The number of thioether (sulfide) groups is 1. The van der Waals surface area contributed by atoms with Gasteiger partial charge in [-0.25, -0.2) is 9.97 Å². The molecular weight excluding hydrogens is 346 g/mol. The maximum atomic E-state index is 6.03. The van der Waals surface area contributed by atoms with Gasteiger partial charge in [0, 0.05) is 15.9 Å². The number of nitrogens with zero attached hydrogens (tertiary/aromatic N) is 2. The molecule has 3 nitrogen and oxygen atoms in total. The van der Waals surface area contributed by atoms with E-state index in [2.05, 4.69) is 60.7 Å². The van der Waals surface area contributed by atoms with Crippen molar-refractivity contribution in [2.45, 2.75) is 38.0 Å². The number of nitrogen functional groups attached to an aromatic ring is 1. The number of rotatable bonds is 3. The molecule has 0 unspecified atom stereocenters. The first-order valence-corrected chi connectivity index (χ1v) is 8.67. The zero-order valence-corrected chi connectivity index (χ0v) is 15.2. The van der Waals surface area contributed by atoms with E-state index in [1.807, 2.05) is 23.9 Å². The van der Waals surface area contributed by atoms with E-state index in [1.54, 1.807) is 0 Å². The van der Waals surface area contributed by atoms with Crippen LogP contribution in [0.25, 0.3) is 11.4 Å². The average Bonchev–Trinajstić information content (AvgIpc) is 2.41. The Bertz CT molecular complexity index is 633. The summed E-state index contributed by atoms with van der Waals surface area (Å²) in [6.07, 6.45) is 0. The first-order chi connectivity index (χ1) is 9.82. The normalized spacial score (nSPS) is 11.7. The van der Waals surface area contributed by atoms with Gasteiger partial charge in [0.05, 0.1) is 10.2 Å². The monoisotopic (exact) mass is 365 g/mol. The van der Waals surface area contributed by atoms with Gasteiger partial charge in [-0.15, -0.1) is 11.8 Å². The van der Waals surface area contributed by atoms with Crippen LogP contribution in [0.2, 0.25) is 0 Å². The van der Waals surface area contributed by atoms with Crippen molar-refractivity contribution in [3.05, 3.63) is 34.4 Å². The lowest BCUT2D eigenvalue weighted by molar-refractivity contribution is 0.565. The van der Waals surface area contributed by atoms with E-state index >= 15 is 0 Å². The van der Waals surface area contributed by atoms with E-state index in [1.165, 1.54) is 4.90 Å². The quantitative estimate of drug-likeness (QED) is 0.785. The first-order valence-electron chi connectivity index (χ1n) is 6.89. The topological polar surface area (TPSA) is 51.8 Å². The molecule has 0 spiro atoms. The summed E-state index contributed by atoms with van der Waals surface area (Å²) in [5, 5.41) is 0. The number of hydrogen-bond acceptors (Lipinski definition) is 4. The van der Waals surface area contributed by atoms with Gasteiger partial charge in [-0.1, -0.05) is 39.8 Å². The van der Waals surface area contributed by atoms with E-state index in [0.29, 0.717) is 11.6 Å². The summed E-state index contributed by atoms with van der Waals surface area (Å²) in [6.45, 7) is 8.49. The molecule has 0 atom stereocenters. The number of nitrogens with two attached hydrogens (primary N) is 1. The van der Waals surface area contributed by atoms with Gasteiger partial charge in [-0.3, -0.25) is 0 Å². The molecule has 1 heterocycles. The van der Waals surface area contributed by atoms with Crippen LogP contribution in [0.5, 0.6) is 0 Å². The third kappa shape index (κ3) is 3.77. The smallest absolute Gasteiger partial charge is 0.161 e. The Kier molecular flexibility index (Phi) is 4.94. The van der Waals surface area contributed by atoms with E-state index in [9.17, 15) is 0 Å². The van der Waals surface area contributed by atoms with E-state index in [0.717, 1.165) is 21.5 Å². The molecule has 112 valence electrons. The van der Waals surface area contributed by atoms with Gasteiger partial charge in [-0.2, -0.15) is 0 Å². The summed E-state index contributed by atoms with van der Waals surface area (Å²) in [5.41, 5.74) is 7.85. The van der Waals surface area contributed by atoms with Gasteiger partial charge in [-0.05, 0) is 33.8 Å². The molecule has 2 aromatic rings. The number of aromatic nitrogens is 2. The maximum Gasteiger partial charge on any atom is 0.161 e. The Labute approximate surface area is 138 Å². The summed E-state index contributed by atoms with van der Waals surface area (Å²) in [5.74, 6) is 2.22. The van der Waals surface area contributed by atoms with Crippen molar-refractivity contribution in [1.29, 1.82) is 0 Å². The van der Waals surface area contributed by atoms with Crippen molar-refractivity contribution >= 4 is 33.5 Å². The summed E-state index contributed by atoms with van der Waals surface area (Å²) < 4.78 is 0.789. The molecule has 0 saturated carbocycles. The summed E-state index contributed by atoms with van der Waals surface area (Å²) >= 11 is 5.32. The van der Waals surface area contributed by atoms with Crippen LogP contribution < -0.4 is 5.73 Å². The molecule has 0 saturated heterocycles. The molecule has 0 amide bonds. The standard InChI is InChI=1S/C16H20BrN3S/c1-5-21-11-8-6-10(7-9-11)15-19-13(16(2,3)4)12(17)14(18)20-15/h6-9H,5H2,1-4H3,(H2,18,19,20). The molecule has 0 bridgehead atoms. The zero-order valence-electron chi connectivity index (χ0n) is 12.8. The minimum atomic E-state index is -0.0946. The van der Waals surface area contributed by atoms with Crippen molar-refractivity contribution in [3.8, 4) is 11.4 Å². The van der Waals surface area contributed by atoms with Gasteiger partial charge in [0.2, 0.25) is 0 Å². The number of anilines is 1. The number of benzene rings is 1. The van der Waals surface area contributed by atoms with E-state index in [-0.39, 0.29) is 5.41 Å². The van der Waals surface area contributed by atoms with Gasteiger partial charge >= 0.3 is 0 Å². The molecule has 0 radical (unpaired) electrons. The van der Waals surface area contributed by atoms with Crippen LogP contribution in [0, 0.1) is 0 Å². The van der Waals surface area contributed by atoms with Crippen LogP contribution in [0.1, 0.15) is 33.4 Å². The molecule has 5 heteroatoms. The minimum absolute atomic E-state index is 0.0946. The minimum Gasteiger partial charge on any atom is -0.383 e. The largest absolute Gasteiger partial charge is 0.383 e. The fourth-order valence-electron chi connectivity index (χ4n) is 1.96. The summed E-state index contributed by atoms with van der Waals surface area (Å²) in [7, 11) is 0. The molecular formula is C16H20BrN3S. The van der Waals surface area contributed by atoms with Gasteiger partial charge in [0.1, 0.15) is 5.82 Å². The van der Waals surface area contributed by atoms with Crippen LogP contribution in [0.4, 0.5) is 5.82 Å². The molecule has 1 aromatic carbocycles. The summed E-state index contributed by atoms with van der Waals surface area (Å²) in [6, 6.07) is 8.30. The maximum absolute atomic E-state index is 6.03. The third-order valence-corrected chi connectivity index (χ3v) is 4.69. The molecule has 1 aromatic heterocycles. The Morgan fingerprint density at radius 1 is 1.14 bits per heavy atom. The third-order valence-electron chi connectivity index (χ3n) is 3.01. The summed E-state index contributed by atoms with van der Waals surface area (Å²) in [4.78, 5) is 10.4. The Morgan fingerprint density at radius 3 is 2.29 bits per heavy atom. The Morgan fingerprint density at radius 2 is 1.76 bits per heavy atom. The van der Waals surface area contributed by atoms with Gasteiger partial charge < -0.3 is 5.73 Å². The SMILES string of the molecule is CCSc1ccc(-c2nc(N)c(Br)c(C(C)(C)C)n2)cc1. The fourth-order valence-corrected chi connectivity index (χ4v) is 3.39. The molecule has 2 rings (SSSR count). The Hall–Kier alpha value is -1.07. The van der Waals surface area contributed by atoms with Crippen molar-refractivity contribution in [1.82, 2.24) is 9.97 Å². The average molecular weight is 366 g/mol. The van der Waals surface area contributed by atoms with E-state index in [4.69, 9.17) is 10.7 Å². The van der Waals surface area contributed by atoms with Crippen LogP contribution in [-0.4, -0.2) is 15.7 Å². The predicted octanol–water partition coefficient (Wildman–Crippen LogP) is 4.90. The molecule has 2 N–H and O–H groups in total. The highest BCUT2D eigenvalue weighted by Crippen LogP contribution is 2.33. The van der Waals surface area contributed by atoms with Gasteiger partial charge in [0.15, 0.2) is 5.82 Å². The van der Waals surface area contributed by atoms with Crippen molar-refractivity contribution < 1.29 is 0 Å². The van der Waals surface area contributed by atoms with Crippen LogP contribution in [-0.2, 0) is 5.41 Å². The molecule has 0 aliphatic rings. The molecule has 0 fully saturated rings.